The third kappa shape index (κ3) is 4.13. The van der Waals surface area contributed by atoms with Crippen molar-refractivity contribution in [3.63, 3.8) is 0 Å². The van der Waals surface area contributed by atoms with Crippen LogP contribution < -0.4 is 4.90 Å². The van der Waals surface area contributed by atoms with Gasteiger partial charge in [-0.2, -0.15) is 0 Å². The molecule has 5 aliphatic rings. The Morgan fingerprint density at radius 1 is 0.917 bits per heavy atom. The fourth-order valence-electron chi connectivity index (χ4n) is 7.61. The van der Waals surface area contributed by atoms with Gasteiger partial charge in [0.15, 0.2) is 0 Å². The Labute approximate surface area is 223 Å². The topological polar surface area (TPSA) is 26.8 Å². The van der Waals surface area contributed by atoms with E-state index in [4.69, 9.17) is 0 Å². The van der Waals surface area contributed by atoms with Crippen LogP contribution in [0.2, 0.25) is 0 Å². The lowest BCUT2D eigenvalue weighted by Crippen LogP contribution is -2.49. The van der Waals surface area contributed by atoms with E-state index < -0.39 is 0 Å². The number of nitrogens with zero attached hydrogens (tertiary/aromatic N) is 3. The highest BCUT2D eigenvalue weighted by molar-refractivity contribution is 8.77. The normalized spacial score (nSPS) is 32.2. The lowest BCUT2D eigenvalue weighted by atomic mass is 9.82. The third-order valence-corrected chi connectivity index (χ3v) is 12.7. The Bertz CT molecular complexity index is 1110. The van der Waals surface area contributed by atoms with Gasteiger partial charge in [0.2, 0.25) is 5.91 Å². The largest absolute Gasteiger partial charge is 0.309 e. The van der Waals surface area contributed by atoms with E-state index in [-0.39, 0.29) is 4.75 Å². The summed E-state index contributed by atoms with van der Waals surface area (Å²) in [5.74, 6) is 3.97. The summed E-state index contributed by atoms with van der Waals surface area (Å²) in [5, 5.41) is 0. The van der Waals surface area contributed by atoms with E-state index >= 15 is 0 Å². The first kappa shape index (κ1) is 23.6. The number of carbonyl (C=O) groups excluding carboxylic acids is 1. The Morgan fingerprint density at radius 3 is 2.47 bits per heavy atom. The van der Waals surface area contributed by atoms with E-state index in [1.54, 1.807) is 0 Å². The molecule has 4 nitrogen and oxygen atoms in total. The molecule has 1 amide bonds. The van der Waals surface area contributed by atoms with Crippen LogP contribution in [0.3, 0.4) is 0 Å². The van der Waals surface area contributed by atoms with Crippen LogP contribution >= 0.6 is 21.6 Å². The average molecular weight is 520 g/mol. The Hall–Kier alpha value is -1.47. The van der Waals surface area contributed by atoms with Crippen LogP contribution in [0.25, 0.3) is 0 Å². The molecule has 2 aliphatic carbocycles. The number of piperazine rings is 1. The van der Waals surface area contributed by atoms with Crippen molar-refractivity contribution in [1.29, 1.82) is 0 Å². The SMILES string of the molecule is O=C1N(CCN2CCN(Cc3ccccc3)CC2)c2ccc(C3CC4CCC3C4)cc2C12CCSS2. The fourth-order valence-corrected chi connectivity index (χ4v) is 10.9. The molecule has 36 heavy (non-hydrogen) atoms. The number of hydrogen-bond donors (Lipinski definition) is 0. The fraction of sp³-hybridized carbons (Fsp3) is 0.567. The van der Waals surface area contributed by atoms with Gasteiger partial charge in [-0.3, -0.25) is 14.6 Å². The maximum atomic E-state index is 13.9. The number of anilines is 1. The number of hydrogen-bond acceptors (Lipinski definition) is 5. The molecule has 3 heterocycles. The number of rotatable bonds is 6. The van der Waals surface area contributed by atoms with Gasteiger partial charge in [-0.15, -0.1) is 0 Å². The standard InChI is InChI=1S/C30H37N3OS2/c34-29-30(10-17-35-36-30)27-20-25(26-19-23-6-7-24(26)18-23)8-9-28(27)33(29)16-15-31-11-13-32(14-12-31)21-22-4-2-1-3-5-22/h1-5,8-9,20,23-24,26H,6-7,10-19,21H2. The Morgan fingerprint density at radius 2 is 1.75 bits per heavy atom. The highest BCUT2D eigenvalue weighted by Crippen LogP contribution is 2.61. The molecule has 190 valence electrons. The summed E-state index contributed by atoms with van der Waals surface area (Å²) in [7, 11) is 3.73. The van der Waals surface area contributed by atoms with Gasteiger partial charge >= 0.3 is 0 Å². The van der Waals surface area contributed by atoms with Gasteiger partial charge < -0.3 is 4.90 Å². The minimum absolute atomic E-state index is 0.345. The van der Waals surface area contributed by atoms with Crippen molar-refractivity contribution in [2.75, 3.05) is 49.9 Å². The number of benzene rings is 2. The van der Waals surface area contributed by atoms with Gasteiger partial charge in [0, 0.05) is 62.8 Å². The molecule has 0 radical (unpaired) electrons. The van der Waals surface area contributed by atoms with Crippen molar-refractivity contribution < 1.29 is 4.79 Å². The highest BCUT2D eigenvalue weighted by atomic mass is 33.1. The van der Waals surface area contributed by atoms with Crippen LogP contribution in [0.1, 0.15) is 54.7 Å². The molecule has 6 heteroatoms. The zero-order valence-corrected chi connectivity index (χ0v) is 22.7. The molecule has 0 aromatic heterocycles. The monoisotopic (exact) mass is 519 g/mol. The minimum atomic E-state index is -0.345. The van der Waals surface area contributed by atoms with Crippen molar-refractivity contribution in [2.45, 2.75) is 49.3 Å². The molecule has 4 fully saturated rings. The van der Waals surface area contributed by atoms with E-state index in [0.29, 0.717) is 5.91 Å². The Balaban J connectivity index is 1.04. The quantitative estimate of drug-likeness (QED) is 0.454. The highest BCUT2D eigenvalue weighted by Gasteiger charge is 2.54. The minimum Gasteiger partial charge on any atom is -0.309 e. The van der Waals surface area contributed by atoms with Crippen LogP contribution in [0.15, 0.2) is 48.5 Å². The van der Waals surface area contributed by atoms with E-state index in [1.165, 1.54) is 48.1 Å². The van der Waals surface area contributed by atoms with Gasteiger partial charge in [0.25, 0.3) is 0 Å². The molecule has 0 N–H and O–H groups in total. The molecule has 1 spiro atoms. The number of amides is 1. The van der Waals surface area contributed by atoms with Crippen LogP contribution in [-0.4, -0.2) is 60.7 Å². The molecule has 7 rings (SSSR count). The molecule has 3 aliphatic heterocycles. The third-order valence-electron chi connectivity index (χ3n) is 9.60. The zero-order chi connectivity index (χ0) is 24.1. The molecule has 2 aromatic carbocycles. The van der Waals surface area contributed by atoms with E-state index in [2.05, 4.69) is 63.2 Å². The number of carbonyl (C=O) groups is 1. The summed E-state index contributed by atoms with van der Waals surface area (Å²) in [5.41, 5.74) is 5.44. The Kier molecular flexibility index (Phi) is 6.36. The summed E-state index contributed by atoms with van der Waals surface area (Å²) in [4.78, 5) is 21.2. The lowest BCUT2D eigenvalue weighted by molar-refractivity contribution is -0.120. The summed E-state index contributed by atoms with van der Waals surface area (Å²) >= 11 is 0. The first-order chi connectivity index (χ1) is 17.7. The van der Waals surface area contributed by atoms with Gasteiger partial charge in [-0.05, 0) is 60.6 Å². The van der Waals surface area contributed by atoms with Crippen molar-refractivity contribution in [3.05, 3.63) is 65.2 Å². The first-order valence-corrected chi connectivity index (χ1v) is 16.3. The van der Waals surface area contributed by atoms with E-state index in [1.807, 2.05) is 21.6 Å². The second-order valence-electron chi connectivity index (χ2n) is 11.6. The van der Waals surface area contributed by atoms with Crippen molar-refractivity contribution in [1.82, 2.24) is 9.80 Å². The second kappa shape index (κ2) is 9.68. The molecule has 2 saturated carbocycles. The summed E-state index contributed by atoms with van der Waals surface area (Å²) in [6.45, 7) is 7.18. The second-order valence-corrected chi connectivity index (χ2v) is 14.3. The zero-order valence-electron chi connectivity index (χ0n) is 21.1. The molecule has 2 bridgehead atoms. The van der Waals surface area contributed by atoms with Gasteiger partial charge in [0.05, 0.1) is 0 Å². The average Bonchev–Trinajstić information content (AvgIpc) is 3.71. The van der Waals surface area contributed by atoms with Crippen LogP contribution in [0.5, 0.6) is 0 Å². The van der Waals surface area contributed by atoms with Crippen molar-refractivity contribution in [2.24, 2.45) is 11.8 Å². The van der Waals surface area contributed by atoms with Gasteiger partial charge in [-0.25, -0.2) is 0 Å². The summed E-state index contributed by atoms with van der Waals surface area (Å²) < 4.78 is -0.345. The smallest absolute Gasteiger partial charge is 0.248 e. The van der Waals surface area contributed by atoms with Crippen molar-refractivity contribution in [3.8, 4) is 0 Å². The molecule has 4 unspecified atom stereocenters. The summed E-state index contributed by atoms with van der Waals surface area (Å²) in [6, 6.07) is 18.0. The predicted octanol–water partition coefficient (Wildman–Crippen LogP) is 5.74. The maximum absolute atomic E-state index is 13.9. The van der Waals surface area contributed by atoms with Crippen LogP contribution in [-0.2, 0) is 16.1 Å². The van der Waals surface area contributed by atoms with Crippen LogP contribution in [0.4, 0.5) is 5.69 Å². The van der Waals surface area contributed by atoms with Crippen molar-refractivity contribution >= 4 is 33.2 Å². The number of fused-ring (bicyclic) bond motifs is 4. The first-order valence-electron chi connectivity index (χ1n) is 14.0. The predicted molar refractivity (Wildman–Crippen MR) is 151 cm³/mol. The van der Waals surface area contributed by atoms with Gasteiger partial charge in [-0.1, -0.05) is 70.5 Å². The van der Waals surface area contributed by atoms with Gasteiger partial charge in [0.1, 0.15) is 4.75 Å². The van der Waals surface area contributed by atoms with E-state index in [0.717, 1.165) is 75.7 Å². The molecule has 4 atom stereocenters. The molecular weight excluding hydrogens is 482 g/mol. The van der Waals surface area contributed by atoms with Crippen LogP contribution in [0, 0.1) is 11.8 Å². The summed E-state index contributed by atoms with van der Waals surface area (Å²) in [6.07, 6.45) is 6.62. The molecule has 2 aromatic rings. The molecular formula is C30H37N3OS2. The molecule has 2 saturated heterocycles. The maximum Gasteiger partial charge on any atom is 0.248 e. The lowest BCUT2D eigenvalue weighted by Gasteiger charge is -2.35. The van der Waals surface area contributed by atoms with E-state index in [9.17, 15) is 4.79 Å².